The van der Waals surface area contributed by atoms with Crippen molar-refractivity contribution in [3.05, 3.63) is 58.1 Å². The van der Waals surface area contributed by atoms with Gasteiger partial charge in [0.25, 0.3) is 0 Å². The van der Waals surface area contributed by atoms with Gasteiger partial charge in [-0.05, 0) is 37.1 Å². The molecule has 0 saturated carbocycles. The fourth-order valence-corrected chi connectivity index (χ4v) is 4.98. The summed E-state index contributed by atoms with van der Waals surface area (Å²) < 4.78 is 43.0. The Morgan fingerprint density at radius 2 is 2.26 bits per heavy atom. The Labute approximate surface area is 161 Å². The minimum absolute atomic E-state index is 0.00662. The van der Waals surface area contributed by atoms with E-state index in [1.54, 1.807) is 13.0 Å². The number of esters is 1. The summed E-state index contributed by atoms with van der Waals surface area (Å²) in [5, 5.41) is 4.60. The number of rotatable bonds is 5. The quantitative estimate of drug-likeness (QED) is 0.557. The van der Waals surface area contributed by atoms with Crippen molar-refractivity contribution in [2.75, 3.05) is 11.5 Å². The first kappa shape index (κ1) is 19.6. The molecule has 2 heterocycles. The third kappa shape index (κ3) is 4.75. The van der Waals surface area contributed by atoms with Gasteiger partial charge in [-0.15, -0.1) is 0 Å². The van der Waals surface area contributed by atoms with Crippen LogP contribution in [0.3, 0.4) is 0 Å². The number of hydrogen-bond acceptors (Lipinski definition) is 5. The normalized spacial score (nSPS) is 18.9. The summed E-state index contributed by atoms with van der Waals surface area (Å²) in [4.78, 5) is 11.9. The van der Waals surface area contributed by atoms with E-state index in [9.17, 15) is 17.6 Å². The van der Waals surface area contributed by atoms with E-state index in [4.69, 9.17) is 16.3 Å². The predicted molar refractivity (Wildman–Crippen MR) is 99.5 cm³/mol. The molecule has 9 heteroatoms. The molecule has 0 spiro atoms. The lowest BCUT2D eigenvalue weighted by molar-refractivity contribution is -0.138. The van der Waals surface area contributed by atoms with Crippen LogP contribution in [0, 0.1) is 12.7 Å². The molecule has 1 aromatic carbocycles. The van der Waals surface area contributed by atoms with E-state index in [2.05, 4.69) is 5.10 Å². The summed E-state index contributed by atoms with van der Waals surface area (Å²) in [7, 11) is -3.06. The topological polar surface area (TPSA) is 78.3 Å². The molecule has 0 bridgehead atoms. The maximum absolute atomic E-state index is 13.1. The smallest absolute Gasteiger partial charge is 0.331 e. The number of benzene rings is 1. The second-order valence-electron chi connectivity index (χ2n) is 6.36. The average molecular weight is 413 g/mol. The van der Waals surface area contributed by atoms with Crippen molar-refractivity contribution in [2.45, 2.75) is 26.0 Å². The van der Waals surface area contributed by atoms with Crippen molar-refractivity contribution in [3.63, 3.8) is 0 Å². The summed E-state index contributed by atoms with van der Waals surface area (Å²) >= 11 is 6.34. The number of carbonyl (C=O) groups is 1. The molecule has 2 aromatic rings. The molecule has 1 atom stereocenters. The highest BCUT2D eigenvalue weighted by molar-refractivity contribution is 7.91. The molecular weight excluding hydrogens is 395 g/mol. The van der Waals surface area contributed by atoms with Crippen LogP contribution in [-0.4, -0.2) is 35.7 Å². The number of aryl methyl sites for hydroxylation is 1. The van der Waals surface area contributed by atoms with Gasteiger partial charge in [0.05, 0.1) is 23.2 Å². The lowest BCUT2D eigenvalue weighted by atomic mass is 10.2. The molecule has 0 amide bonds. The minimum atomic E-state index is -3.06. The van der Waals surface area contributed by atoms with Gasteiger partial charge in [-0.2, -0.15) is 5.10 Å². The first-order valence-corrected chi connectivity index (χ1v) is 10.5. The van der Waals surface area contributed by atoms with Crippen LogP contribution in [-0.2, 0) is 26.0 Å². The number of ether oxygens (including phenoxy) is 1. The summed E-state index contributed by atoms with van der Waals surface area (Å²) in [5.74, 6) is -0.884. The molecule has 144 valence electrons. The highest BCUT2D eigenvalue weighted by atomic mass is 35.5. The van der Waals surface area contributed by atoms with Crippen LogP contribution in [0.2, 0.25) is 5.15 Å². The Kier molecular flexibility index (Phi) is 5.67. The number of hydrogen-bond donors (Lipinski definition) is 0. The summed E-state index contributed by atoms with van der Waals surface area (Å²) in [6, 6.07) is 5.49. The highest BCUT2D eigenvalue weighted by Gasteiger charge is 2.31. The first-order chi connectivity index (χ1) is 12.7. The van der Waals surface area contributed by atoms with E-state index in [0.717, 1.165) is 0 Å². The number of sulfone groups is 1. The lowest BCUT2D eigenvalue weighted by Crippen LogP contribution is -2.12. The summed E-state index contributed by atoms with van der Waals surface area (Å²) in [5.41, 5.74) is 1.66. The Morgan fingerprint density at radius 3 is 2.93 bits per heavy atom. The zero-order chi connectivity index (χ0) is 19.6. The van der Waals surface area contributed by atoms with Gasteiger partial charge in [-0.25, -0.2) is 22.3 Å². The van der Waals surface area contributed by atoms with E-state index in [1.807, 2.05) is 0 Å². The average Bonchev–Trinajstić information content (AvgIpc) is 3.10. The zero-order valence-electron chi connectivity index (χ0n) is 14.6. The van der Waals surface area contributed by atoms with Crippen molar-refractivity contribution in [2.24, 2.45) is 0 Å². The van der Waals surface area contributed by atoms with Crippen molar-refractivity contribution >= 4 is 33.5 Å². The lowest BCUT2D eigenvalue weighted by Gasteiger charge is -2.09. The molecule has 1 saturated heterocycles. The highest BCUT2D eigenvalue weighted by Crippen LogP contribution is 2.30. The Hall–Kier alpha value is -2.19. The molecule has 0 aliphatic carbocycles. The molecule has 1 aliphatic rings. The van der Waals surface area contributed by atoms with Gasteiger partial charge < -0.3 is 4.74 Å². The fraction of sp³-hybridized carbons (Fsp3) is 0.333. The van der Waals surface area contributed by atoms with Crippen molar-refractivity contribution in [1.82, 2.24) is 9.78 Å². The number of carbonyl (C=O) groups excluding carboxylic acids is 1. The van der Waals surface area contributed by atoms with E-state index in [1.165, 1.54) is 35.0 Å². The van der Waals surface area contributed by atoms with E-state index in [0.29, 0.717) is 23.2 Å². The molecule has 0 unspecified atom stereocenters. The SMILES string of the molecule is Cc1nn([C@H]2CCS(=O)(=O)C2)c(Cl)c1/C=C/C(=O)OCc1cccc(F)c1. The van der Waals surface area contributed by atoms with E-state index >= 15 is 0 Å². The van der Waals surface area contributed by atoms with Crippen LogP contribution in [0.25, 0.3) is 6.08 Å². The van der Waals surface area contributed by atoms with Gasteiger partial charge in [0.2, 0.25) is 0 Å². The van der Waals surface area contributed by atoms with Crippen LogP contribution >= 0.6 is 11.6 Å². The third-order valence-corrected chi connectivity index (χ3v) is 6.41. The number of nitrogens with zero attached hydrogens (tertiary/aromatic N) is 2. The van der Waals surface area contributed by atoms with Crippen LogP contribution in [0.4, 0.5) is 4.39 Å². The fourth-order valence-electron chi connectivity index (χ4n) is 2.91. The molecular formula is C18H18ClFN2O4S. The van der Waals surface area contributed by atoms with Gasteiger partial charge in [0, 0.05) is 11.6 Å². The van der Waals surface area contributed by atoms with Crippen LogP contribution in [0.15, 0.2) is 30.3 Å². The summed E-state index contributed by atoms with van der Waals surface area (Å²) in [6.07, 6.45) is 3.16. The Balaban J connectivity index is 1.67. The second-order valence-corrected chi connectivity index (χ2v) is 8.95. The molecule has 27 heavy (non-hydrogen) atoms. The summed E-state index contributed by atoms with van der Waals surface area (Å²) in [6.45, 7) is 1.68. The Bertz CT molecular complexity index is 1000. The minimum Gasteiger partial charge on any atom is -0.458 e. The van der Waals surface area contributed by atoms with Crippen LogP contribution in [0.1, 0.15) is 29.3 Å². The van der Waals surface area contributed by atoms with Crippen LogP contribution in [0.5, 0.6) is 0 Å². The largest absolute Gasteiger partial charge is 0.458 e. The van der Waals surface area contributed by atoms with Gasteiger partial charge in [0.15, 0.2) is 9.84 Å². The van der Waals surface area contributed by atoms with Gasteiger partial charge in [-0.3, -0.25) is 0 Å². The second kappa shape index (κ2) is 7.82. The van der Waals surface area contributed by atoms with Gasteiger partial charge in [0.1, 0.15) is 17.6 Å². The zero-order valence-corrected chi connectivity index (χ0v) is 16.1. The van der Waals surface area contributed by atoms with Crippen molar-refractivity contribution in [1.29, 1.82) is 0 Å². The third-order valence-electron chi connectivity index (χ3n) is 4.28. The number of halogens is 2. The van der Waals surface area contributed by atoms with Crippen LogP contribution < -0.4 is 0 Å². The molecule has 1 fully saturated rings. The van der Waals surface area contributed by atoms with Gasteiger partial charge >= 0.3 is 5.97 Å². The standard InChI is InChI=1S/C18H18ClFN2O4S/c1-12-16(18(19)22(21-12)15-7-8-27(24,25)11-15)5-6-17(23)26-10-13-3-2-4-14(20)9-13/h2-6,9,15H,7-8,10-11H2,1H3/b6-5+/t15-/m0/s1. The first-order valence-electron chi connectivity index (χ1n) is 8.29. The monoisotopic (exact) mass is 412 g/mol. The number of aromatic nitrogens is 2. The van der Waals surface area contributed by atoms with E-state index in [-0.39, 0.29) is 29.3 Å². The molecule has 0 N–H and O–H groups in total. The maximum Gasteiger partial charge on any atom is 0.331 e. The predicted octanol–water partition coefficient (Wildman–Crippen LogP) is 3.10. The molecule has 0 radical (unpaired) electrons. The Morgan fingerprint density at radius 1 is 1.48 bits per heavy atom. The van der Waals surface area contributed by atoms with Gasteiger partial charge in [-0.1, -0.05) is 23.7 Å². The van der Waals surface area contributed by atoms with Crippen molar-refractivity contribution in [3.8, 4) is 0 Å². The molecule has 1 aliphatic heterocycles. The van der Waals surface area contributed by atoms with Crippen molar-refractivity contribution < 1.29 is 22.3 Å². The molecule has 3 rings (SSSR count). The molecule has 6 nitrogen and oxygen atoms in total. The maximum atomic E-state index is 13.1. The van der Waals surface area contributed by atoms with E-state index < -0.39 is 21.6 Å². The molecule has 1 aromatic heterocycles.